The Morgan fingerprint density at radius 2 is 0.849 bits per heavy atom. The van der Waals surface area contributed by atoms with E-state index in [1.165, 1.54) is 69.9 Å². The molecule has 10 rings (SSSR count). The van der Waals surface area contributed by atoms with Gasteiger partial charge >= 0.3 is 0 Å². The number of hydrogen-bond donors (Lipinski definition) is 0. The van der Waals surface area contributed by atoms with E-state index >= 15 is 0 Å². The van der Waals surface area contributed by atoms with Gasteiger partial charge < -0.3 is 9.47 Å². The number of aromatic nitrogens is 1. The average molecular weight is 699 g/mol. The van der Waals surface area contributed by atoms with Gasteiger partial charge in [-0.15, -0.1) is 11.3 Å². The molecule has 0 atom stereocenters. The number of benzene rings is 8. The summed E-state index contributed by atoms with van der Waals surface area (Å²) >= 11 is 1.88. The second kappa shape index (κ2) is 14.0. The number of nitrogens with zero attached hydrogens (tertiary/aromatic N) is 2. The monoisotopic (exact) mass is 698 g/mol. The molecule has 0 N–H and O–H groups in total. The van der Waals surface area contributed by atoms with Gasteiger partial charge in [0.25, 0.3) is 0 Å². The second-order valence-corrected chi connectivity index (χ2v) is 14.0. The predicted molar refractivity (Wildman–Crippen MR) is 231 cm³/mol. The van der Waals surface area contributed by atoms with E-state index in [1.54, 1.807) is 0 Å². The lowest BCUT2D eigenvalue weighted by Gasteiger charge is -2.27. The van der Waals surface area contributed by atoms with E-state index in [4.69, 9.17) is 0 Å². The van der Waals surface area contributed by atoms with E-state index in [2.05, 4.69) is 204 Å². The van der Waals surface area contributed by atoms with E-state index in [-0.39, 0.29) is 0 Å². The van der Waals surface area contributed by atoms with E-state index in [9.17, 15) is 0 Å². The molecule has 0 saturated heterocycles. The molecule has 254 valence electrons. The molecule has 2 heterocycles. The quantitative estimate of drug-likeness (QED) is 0.168. The third kappa shape index (κ3) is 5.67. The summed E-state index contributed by atoms with van der Waals surface area (Å²) in [4.78, 5) is 2.42. The van der Waals surface area contributed by atoms with Crippen molar-refractivity contribution in [2.75, 3.05) is 4.90 Å². The normalized spacial score (nSPS) is 11.2. The summed E-state index contributed by atoms with van der Waals surface area (Å²) in [5, 5.41) is 5.07. The number of para-hydroxylation sites is 2. The van der Waals surface area contributed by atoms with Crippen LogP contribution in [0, 0.1) is 0 Å². The van der Waals surface area contributed by atoms with Crippen LogP contribution in [0.5, 0.6) is 0 Å². The molecule has 0 bridgehead atoms. The third-order valence-electron chi connectivity index (χ3n) is 10.0. The molecular weight excluding hydrogens is 661 g/mol. The summed E-state index contributed by atoms with van der Waals surface area (Å²) in [6.07, 6.45) is 0. The van der Waals surface area contributed by atoms with Crippen molar-refractivity contribution in [2.24, 2.45) is 0 Å². The average Bonchev–Trinajstić information content (AvgIpc) is 3.80. The van der Waals surface area contributed by atoms with Crippen LogP contribution in [0.3, 0.4) is 0 Å². The van der Waals surface area contributed by atoms with Gasteiger partial charge in [0.2, 0.25) is 0 Å². The molecule has 0 fully saturated rings. The second-order valence-electron chi connectivity index (χ2n) is 12.9. The van der Waals surface area contributed by atoms with Crippen molar-refractivity contribution in [3.8, 4) is 27.9 Å². The summed E-state index contributed by atoms with van der Waals surface area (Å²) in [7, 11) is 0. The Bertz CT molecular complexity index is 2690. The zero-order chi connectivity index (χ0) is 35.7. The molecule has 0 spiro atoms. The maximum atomic E-state index is 2.45. The van der Waals surface area contributed by atoms with E-state index in [0.29, 0.717) is 0 Å². The topological polar surface area (TPSA) is 8.17 Å². The fourth-order valence-corrected chi connectivity index (χ4v) is 8.88. The van der Waals surface area contributed by atoms with E-state index in [1.807, 2.05) is 25.2 Å². The standard InChI is InChI=1S/C48H32N2S.C2H6/c1-3-13-33(14-4-1)35-25-29-37(30-26-35)49(38-31-27-36(28-32-38)34-15-5-2-6-16-34)44-22-12-24-46-47(44)41-19-11-23-45(48(41)51-46)50-42-20-9-7-17-39(42)40-18-8-10-21-43(40)50;1-2/h1-32H;1-2H3. The molecule has 0 saturated carbocycles. The molecule has 53 heavy (non-hydrogen) atoms. The lowest BCUT2D eigenvalue weighted by Crippen LogP contribution is -2.10. The molecule has 0 aliphatic rings. The van der Waals surface area contributed by atoms with Gasteiger partial charge in [0.1, 0.15) is 0 Å². The van der Waals surface area contributed by atoms with Crippen molar-refractivity contribution in [3.63, 3.8) is 0 Å². The first-order valence-corrected chi connectivity index (χ1v) is 19.2. The van der Waals surface area contributed by atoms with Crippen LogP contribution in [0.1, 0.15) is 13.8 Å². The van der Waals surface area contributed by atoms with Gasteiger partial charge in [0.15, 0.2) is 0 Å². The molecule has 3 heteroatoms. The maximum absolute atomic E-state index is 2.45. The molecule has 10 aromatic rings. The molecule has 2 nitrogen and oxygen atoms in total. The van der Waals surface area contributed by atoms with Crippen LogP contribution in [-0.2, 0) is 0 Å². The predicted octanol–water partition coefficient (Wildman–Crippen LogP) is 15.0. The van der Waals surface area contributed by atoms with Crippen molar-refractivity contribution in [1.82, 2.24) is 4.57 Å². The van der Waals surface area contributed by atoms with Crippen molar-refractivity contribution >= 4 is 70.4 Å². The zero-order valence-corrected chi connectivity index (χ0v) is 30.6. The van der Waals surface area contributed by atoms with Gasteiger partial charge in [-0.05, 0) is 76.9 Å². The molecule has 8 aromatic carbocycles. The van der Waals surface area contributed by atoms with Crippen LogP contribution in [0.2, 0.25) is 0 Å². The Balaban J connectivity index is 0.00000183. The lowest BCUT2D eigenvalue weighted by molar-refractivity contribution is 1.20. The maximum Gasteiger partial charge on any atom is 0.0640 e. The molecule has 0 amide bonds. The Hall–Kier alpha value is -6.42. The highest BCUT2D eigenvalue weighted by Gasteiger charge is 2.21. The van der Waals surface area contributed by atoms with Gasteiger partial charge in [-0.2, -0.15) is 0 Å². The Morgan fingerprint density at radius 1 is 0.396 bits per heavy atom. The van der Waals surface area contributed by atoms with Crippen LogP contribution in [0.25, 0.3) is 69.9 Å². The Labute approximate surface area is 314 Å². The minimum atomic E-state index is 1.12. The minimum Gasteiger partial charge on any atom is -0.310 e. The van der Waals surface area contributed by atoms with Crippen molar-refractivity contribution in [2.45, 2.75) is 13.8 Å². The van der Waals surface area contributed by atoms with Crippen molar-refractivity contribution < 1.29 is 0 Å². The zero-order valence-electron chi connectivity index (χ0n) is 29.8. The van der Waals surface area contributed by atoms with Gasteiger partial charge in [0, 0.05) is 37.6 Å². The molecule has 0 unspecified atom stereocenters. The first-order chi connectivity index (χ1) is 26.3. The molecule has 0 radical (unpaired) electrons. The number of fused-ring (bicyclic) bond motifs is 6. The smallest absolute Gasteiger partial charge is 0.0640 e. The third-order valence-corrected chi connectivity index (χ3v) is 11.2. The van der Waals surface area contributed by atoms with E-state index in [0.717, 1.165) is 17.1 Å². The van der Waals surface area contributed by atoms with E-state index < -0.39 is 0 Å². The Morgan fingerprint density at radius 3 is 1.40 bits per heavy atom. The summed E-state index contributed by atoms with van der Waals surface area (Å²) < 4.78 is 5.00. The van der Waals surface area contributed by atoms with Gasteiger partial charge in [-0.1, -0.05) is 153 Å². The Kier molecular flexibility index (Phi) is 8.55. The molecule has 0 aliphatic carbocycles. The highest BCUT2D eigenvalue weighted by molar-refractivity contribution is 7.26. The molecule has 2 aromatic heterocycles. The van der Waals surface area contributed by atoms with Crippen LogP contribution < -0.4 is 4.90 Å². The van der Waals surface area contributed by atoms with Crippen LogP contribution in [0.15, 0.2) is 194 Å². The lowest BCUT2D eigenvalue weighted by atomic mass is 10.0. The van der Waals surface area contributed by atoms with Gasteiger partial charge in [-0.3, -0.25) is 0 Å². The van der Waals surface area contributed by atoms with Crippen LogP contribution in [0.4, 0.5) is 17.1 Å². The summed E-state index contributed by atoms with van der Waals surface area (Å²) in [6, 6.07) is 70.2. The summed E-state index contributed by atoms with van der Waals surface area (Å²) in [5.74, 6) is 0. The van der Waals surface area contributed by atoms with Crippen LogP contribution >= 0.6 is 11.3 Å². The van der Waals surface area contributed by atoms with Crippen molar-refractivity contribution in [3.05, 3.63) is 194 Å². The van der Waals surface area contributed by atoms with Gasteiger partial charge in [0.05, 0.1) is 27.1 Å². The summed E-state index contributed by atoms with van der Waals surface area (Å²) in [5.41, 5.74) is 11.9. The SMILES string of the molecule is CC.c1ccc(-c2ccc(N(c3ccc(-c4ccccc4)cc3)c3cccc4sc5c(-n6c7ccccc7c7ccccc76)cccc5c34)cc2)cc1. The number of anilines is 3. The molecule has 0 aliphatic heterocycles. The van der Waals surface area contributed by atoms with Gasteiger partial charge in [-0.25, -0.2) is 0 Å². The number of hydrogen-bond acceptors (Lipinski definition) is 2. The highest BCUT2D eigenvalue weighted by atomic mass is 32.1. The van der Waals surface area contributed by atoms with Crippen molar-refractivity contribution in [1.29, 1.82) is 0 Å². The fraction of sp³-hybridized carbons (Fsp3) is 0.0400. The minimum absolute atomic E-state index is 1.12. The number of rotatable bonds is 6. The largest absolute Gasteiger partial charge is 0.310 e. The first-order valence-electron chi connectivity index (χ1n) is 18.4. The van der Waals surface area contributed by atoms with Crippen LogP contribution in [-0.4, -0.2) is 4.57 Å². The first kappa shape index (κ1) is 32.5. The fourth-order valence-electron chi connectivity index (χ4n) is 7.65. The summed E-state index contributed by atoms with van der Waals surface area (Å²) in [6.45, 7) is 4.00. The molecular formula is C50H38N2S. The highest BCUT2D eigenvalue weighted by Crippen LogP contribution is 2.47. The number of thiophene rings is 1.